The number of hydrogen-bond donors (Lipinski definition) is 2. The number of hydrogen-bond acceptors (Lipinski definition) is 4. The second-order valence-electron chi connectivity index (χ2n) is 3.39. The molecule has 0 saturated carbocycles. The number of amides is 1. The van der Waals surface area contributed by atoms with Gasteiger partial charge in [0.15, 0.2) is 0 Å². The maximum atomic E-state index is 11.2. The minimum Gasteiger partial charge on any atom is -0.445 e. The molecule has 0 aromatic heterocycles. The second kappa shape index (κ2) is 8.55. The Morgan fingerprint density at radius 2 is 2.00 bits per heavy atom. The minimum absolute atomic E-state index is 0.274. The molecule has 1 rings (SSSR count). The lowest BCUT2D eigenvalue weighted by atomic mass is 10.2. The number of rotatable bonds is 7. The molecular formula is C12H18N2O3. The van der Waals surface area contributed by atoms with Crippen molar-refractivity contribution >= 4 is 6.09 Å². The van der Waals surface area contributed by atoms with E-state index >= 15 is 0 Å². The molecule has 5 nitrogen and oxygen atoms in total. The van der Waals surface area contributed by atoms with Crippen molar-refractivity contribution in [2.45, 2.75) is 6.61 Å². The van der Waals surface area contributed by atoms with Gasteiger partial charge in [-0.2, -0.15) is 0 Å². The number of alkyl carbamates (subject to hydrolysis) is 1. The van der Waals surface area contributed by atoms with Crippen LogP contribution in [0.3, 0.4) is 0 Å². The molecule has 3 N–H and O–H groups in total. The van der Waals surface area contributed by atoms with Crippen molar-refractivity contribution in [2.75, 3.05) is 26.3 Å². The summed E-state index contributed by atoms with van der Waals surface area (Å²) in [6.45, 7) is 2.13. The van der Waals surface area contributed by atoms with Crippen molar-refractivity contribution in [3.05, 3.63) is 35.9 Å². The van der Waals surface area contributed by atoms with E-state index in [2.05, 4.69) is 5.32 Å². The Bertz CT molecular complexity index is 317. The zero-order valence-electron chi connectivity index (χ0n) is 9.72. The van der Waals surface area contributed by atoms with E-state index in [1.54, 1.807) is 0 Å². The van der Waals surface area contributed by atoms with Gasteiger partial charge in [0.25, 0.3) is 0 Å². The highest BCUT2D eigenvalue weighted by Gasteiger charge is 2.01. The van der Waals surface area contributed by atoms with Gasteiger partial charge >= 0.3 is 6.09 Å². The Labute approximate surface area is 101 Å². The molecule has 0 fully saturated rings. The Hall–Kier alpha value is -1.59. The van der Waals surface area contributed by atoms with Gasteiger partial charge in [0, 0.05) is 13.1 Å². The van der Waals surface area contributed by atoms with E-state index in [-0.39, 0.29) is 6.61 Å². The predicted octanol–water partition coefficient (Wildman–Crippen LogP) is 0.888. The first kappa shape index (κ1) is 13.5. The first-order valence-corrected chi connectivity index (χ1v) is 5.55. The van der Waals surface area contributed by atoms with E-state index in [4.69, 9.17) is 15.2 Å². The van der Waals surface area contributed by atoms with E-state index in [1.165, 1.54) is 0 Å². The fourth-order valence-corrected chi connectivity index (χ4v) is 1.18. The Kier molecular flexibility index (Phi) is 6.78. The molecule has 1 aromatic rings. The van der Waals surface area contributed by atoms with Gasteiger partial charge in [-0.15, -0.1) is 0 Å². The molecule has 0 saturated heterocycles. The number of nitrogens with one attached hydrogen (secondary N) is 1. The van der Waals surface area contributed by atoms with E-state index in [1.807, 2.05) is 30.3 Å². The van der Waals surface area contributed by atoms with Crippen LogP contribution < -0.4 is 11.1 Å². The molecule has 0 radical (unpaired) electrons. The van der Waals surface area contributed by atoms with Crippen LogP contribution in [0.25, 0.3) is 0 Å². The summed E-state index contributed by atoms with van der Waals surface area (Å²) >= 11 is 0. The summed E-state index contributed by atoms with van der Waals surface area (Å²) in [4.78, 5) is 11.2. The highest BCUT2D eigenvalue weighted by atomic mass is 16.5. The van der Waals surface area contributed by atoms with Crippen molar-refractivity contribution in [2.24, 2.45) is 5.73 Å². The van der Waals surface area contributed by atoms with E-state index < -0.39 is 6.09 Å². The highest BCUT2D eigenvalue weighted by Crippen LogP contribution is 2.00. The largest absolute Gasteiger partial charge is 0.445 e. The SMILES string of the molecule is NCCOCCNC(=O)OCc1ccccc1. The lowest BCUT2D eigenvalue weighted by molar-refractivity contribution is 0.122. The smallest absolute Gasteiger partial charge is 0.407 e. The molecule has 0 unspecified atom stereocenters. The Morgan fingerprint density at radius 3 is 2.71 bits per heavy atom. The van der Waals surface area contributed by atoms with Gasteiger partial charge in [0.1, 0.15) is 6.61 Å². The van der Waals surface area contributed by atoms with Gasteiger partial charge in [0.2, 0.25) is 0 Å². The standard InChI is InChI=1S/C12H18N2O3/c13-6-8-16-9-7-14-12(15)17-10-11-4-2-1-3-5-11/h1-5H,6-10,13H2,(H,14,15). The number of carbonyl (C=O) groups excluding carboxylic acids is 1. The first-order valence-electron chi connectivity index (χ1n) is 5.55. The molecule has 0 spiro atoms. The molecule has 0 aliphatic carbocycles. The number of nitrogens with two attached hydrogens (primary N) is 1. The first-order chi connectivity index (χ1) is 8.33. The molecule has 17 heavy (non-hydrogen) atoms. The van der Waals surface area contributed by atoms with Crippen LogP contribution in [0.1, 0.15) is 5.56 Å². The van der Waals surface area contributed by atoms with Gasteiger partial charge in [-0.25, -0.2) is 4.79 Å². The summed E-state index contributed by atoms with van der Waals surface area (Å²) in [6.07, 6.45) is -0.440. The monoisotopic (exact) mass is 238 g/mol. The minimum atomic E-state index is -0.440. The van der Waals surface area contributed by atoms with Crippen LogP contribution in [0, 0.1) is 0 Å². The zero-order valence-corrected chi connectivity index (χ0v) is 9.72. The average molecular weight is 238 g/mol. The molecule has 1 aromatic carbocycles. The number of benzene rings is 1. The van der Waals surface area contributed by atoms with Crippen LogP contribution in [0.2, 0.25) is 0 Å². The van der Waals surface area contributed by atoms with Crippen molar-refractivity contribution in [1.82, 2.24) is 5.32 Å². The van der Waals surface area contributed by atoms with Gasteiger partial charge in [-0.1, -0.05) is 30.3 Å². The molecule has 94 valence electrons. The number of ether oxygens (including phenoxy) is 2. The topological polar surface area (TPSA) is 73.6 Å². The molecule has 0 bridgehead atoms. The average Bonchev–Trinajstić information content (AvgIpc) is 2.37. The second-order valence-corrected chi connectivity index (χ2v) is 3.39. The van der Waals surface area contributed by atoms with Crippen molar-refractivity contribution in [3.8, 4) is 0 Å². The molecular weight excluding hydrogens is 220 g/mol. The van der Waals surface area contributed by atoms with Crippen LogP contribution in [-0.4, -0.2) is 32.4 Å². The van der Waals surface area contributed by atoms with Crippen LogP contribution in [0.15, 0.2) is 30.3 Å². The molecule has 1 amide bonds. The molecule has 0 aliphatic heterocycles. The maximum absolute atomic E-state index is 11.2. The summed E-state index contributed by atoms with van der Waals surface area (Å²) in [5, 5.41) is 2.58. The predicted molar refractivity (Wildman–Crippen MR) is 64.5 cm³/mol. The van der Waals surface area contributed by atoms with E-state index in [0.717, 1.165) is 5.56 Å². The normalized spacial score (nSPS) is 9.94. The van der Waals surface area contributed by atoms with Gasteiger partial charge in [0.05, 0.1) is 13.2 Å². The van der Waals surface area contributed by atoms with Crippen LogP contribution in [0.4, 0.5) is 4.79 Å². The highest BCUT2D eigenvalue weighted by molar-refractivity contribution is 5.67. The van der Waals surface area contributed by atoms with E-state index in [0.29, 0.717) is 26.3 Å². The van der Waals surface area contributed by atoms with E-state index in [9.17, 15) is 4.79 Å². The molecule has 0 atom stereocenters. The van der Waals surface area contributed by atoms with Crippen molar-refractivity contribution in [3.63, 3.8) is 0 Å². The number of carbonyl (C=O) groups is 1. The van der Waals surface area contributed by atoms with Gasteiger partial charge in [-0.05, 0) is 5.56 Å². The third-order valence-electron chi connectivity index (χ3n) is 1.99. The lowest BCUT2D eigenvalue weighted by Crippen LogP contribution is -2.28. The summed E-state index contributed by atoms with van der Waals surface area (Å²) in [7, 11) is 0. The van der Waals surface area contributed by atoms with Crippen LogP contribution >= 0.6 is 0 Å². The quantitative estimate of drug-likeness (QED) is 0.692. The van der Waals surface area contributed by atoms with Crippen molar-refractivity contribution < 1.29 is 14.3 Å². The zero-order chi connectivity index (χ0) is 12.3. The fourth-order valence-electron chi connectivity index (χ4n) is 1.18. The summed E-state index contributed by atoms with van der Waals surface area (Å²) in [6, 6.07) is 9.52. The van der Waals surface area contributed by atoms with Gasteiger partial charge < -0.3 is 20.5 Å². The van der Waals surface area contributed by atoms with Crippen molar-refractivity contribution in [1.29, 1.82) is 0 Å². The third-order valence-corrected chi connectivity index (χ3v) is 1.99. The van der Waals surface area contributed by atoms with Crippen LogP contribution in [0.5, 0.6) is 0 Å². The summed E-state index contributed by atoms with van der Waals surface area (Å²) < 4.78 is 10.1. The molecule has 5 heteroatoms. The lowest BCUT2D eigenvalue weighted by Gasteiger charge is -2.07. The van der Waals surface area contributed by atoms with Gasteiger partial charge in [-0.3, -0.25) is 0 Å². The molecule has 0 heterocycles. The summed E-state index contributed by atoms with van der Waals surface area (Å²) in [5.74, 6) is 0. The Morgan fingerprint density at radius 1 is 1.24 bits per heavy atom. The van der Waals surface area contributed by atoms with Crippen LogP contribution in [-0.2, 0) is 16.1 Å². The third kappa shape index (κ3) is 6.55. The molecule has 0 aliphatic rings. The summed E-state index contributed by atoms with van der Waals surface area (Å²) in [5.41, 5.74) is 6.21. The fraction of sp³-hybridized carbons (Fsp3) is 0.417. The maximum Gasteiger partial charge on any atom is 0.407 e. The Balaban J connectivity index is 2.05.